The van der Waals surface area contributed by atoms with Crippen LogP contribution in [-0.2, 0) is 0 Å². The molecule has 2 aromatic carbocycles. The number of anilines is 1. The van der Waals surface area contributed by atoms with Crippen molar-refractivity contribution in [3.8, 4) is 16.2 Å². The number of hydrogen-bond donors (Lipinski definition) is 3. The van der Waals surface area contributed by atoms with Crippen LogP contribution < -0.4 is 21.5 Å². The van der Waals surface area contributed by atoms with Gasteiger partial charge in [-0.15, -0.1) is 11.3 Å². The zero-order chi connectivity index (χ0) is 19.4. The fourth-order valence-electron chi connectivity index (χ4n) is 2.41. The van der Waals surface area contributed by atoms with Crippen LogP contribution >= 0.6 is 22.9 Å². The van der Waals surface area contributed by atoms with Crippen LogP contribution in [0.5, 0.6) is 5.75 Å². The van der Waals surface area contributed by atoms with Gasteiger partial charge in [0.2, 0.25) is 0 Å². The minimum absolute atomic E-state index is 0.207. The van der Waals surface area contributed by atoms with Crippen LogP contribution in [0.3, 0.4) is 0 Å². The number of carbonyl (C=O) groups excluding carboxylic acids is 2. The van der Waals surface area contributed by atoms with Crippen LogP contribution in [0.2, 0.25) is 0 Å². The van der Waals surface area contributed by atoms with E-state index in [2.05, 4.69) is 5.32 Å². The third-order valence-corrected chi connectivity index (χ3v) is 5.11. The predicted octanol–water partition coefficient (Wildman–Crippen LogP) is 4.32. The van der Waals surface area contributed by atoms with Crippen molar-refractivity contribution in [1.82, 2.24) is 0 Å². The molecule has 0 bridgehead atoms. The first-order valence-electron chi connectivity index (χ1n) is 7.90. The van der Waals surface area contributed by atoms with E-state index in [9.17, 15) is 9.59 Å². The summed E-state index contributed by atoms with van der Waals surface area (Å²) >= 11 is 7.49. The Morgan fingerprint density at radius 3 is 2.30 bits per heavy atom. The number of halogens is 1. The molecule has 0 aliphatic carbocycles. The molecule has 0 spiro atoms. The molecule has 0 fully saturated rings. The molecule has 3 aromatic rings. The minimum atomic E-state index is -0.760. The van der Waals surface area contributed by atoms with Gasteiger partial charge < -0.3 is 16.2 Å². The highest BCUT2D eigenvalue weighted by molar-refractivity contribution is 7.20. The Kier molecular flexibility index (Phi) is 5.63. The van der Waals surface area contributed by atoms with Gasteiger partial charge in [0.1, 0.15) is 10.8 Å². The average molecular weight is 402 g/mol. The van der Waals surface area contributed by atoms with Crippen LogP contribution in [0.4, 0.5) is 9.80 Å². The second-order valence-corrected chi connectivity index (χ2v) is 7.02. The molecular weight excluding hydrogens is 386 g/mol. The monoisotopic (exact) mass is 401 g/mol. The van der Waals surface area contributed by atoms with E-state index < -0.39 is 17.5 Å². The second kappa shape index (κ2) is 8.11. The first kappa shape index (κ1) is 18.8. The Bertz CT molecular complexity index is 958. The van der Waals surface area contributed by atoms with Gasteiger partial charge in [-0.25, -0.2) is 4.79 Å². The van der Waals surface area contributed by atoms with Gasteiger partial charge in [-0.3, -0.25) is 10.1 Å². The molecule has 1 atom stereocenters. The zero-order valence-electron chi connectivity index (χ0n) is 14.0. The first-order chi connectivity index (χ1) is 12.9. The normalized spacial score (nSPS) is 11.6. The van der Waals surface area contributed by atoms with Crippen molar-refractivity contribution < 1.29 is 14.3 Å². The van der Waals surface area contributed by atoms with E-state index in [1.54, 1.807) is 18.2 Å². The van der Waals surface area contributed by atoms with Gasteiger partial charge in [0, 0.05) is 10.4 Å². The summed E-state index contributed by atoms with van der Waals surface area (Å²) in [5.74, 6) is -0.0428. The molecule has 0 aliphatic rings. The summed E-state index contributed by atoms with van der Waals surface area (Å²) in [4.78, 5) is 23.4. The van der Waals surface area contributed by atoms with Crippen molar-refractivity contribution in [2.75, 3.05) is 5.32 Å². The highest BCUT2D eigenvalue weighted by Crippen LogP contribution is 2.36. The molecule has 6 nitrogen and oxygen atoms in total. The van der Waals surface area contributed by atoms with Crippen molar-refractivity contribution in [3.05, 3.63) is 71.8 Å². The lowest BCUT2D eigenvalue weighted by Gasteiger charge is -2.13. The number of nitrogens with one attached hydrogen (secondary N) is 1. The molecule has 1 unspecified atom stereocenters. The lowest BCUT2D eigenvalue weighted by molar-refractivity contribution is 0.100. The van der Waals surface area contributed by atoms with E-state index in [0.717, 1.165) is 16.0 Å². The van der Waals surface area contributed by atoms with Gasteiger partial charge in [-0.2, -0.15) is 0 Å². The Hall–Kier alpha value is -3.03. The zero-order valence-corrected chi connectivity index (χ0v) is 15.6. The summed E-state index contributed by atoms with van der Waals surface area (Å²) in [5.41, 5.74) is 11.8. The molecule has 138 valence electrons. The van der Waals surface area contributed by atoms with Crippen LogP contribution in [0.15, 0.2) is 60.7 Å². The number of ether oxygens (including phenoxy) is 1. The number of primary amides is 2. The van der Waals surface area contributed by atoms with Gasteiger partial charge in [-0.05, 0) is 35.9 Å². The highest BCUT2D eigenvalue weighted by Gasteiger charge is 2.16. The molecule has 0 radical (unpaired) electrons. The second-order valence-electron chi connectivity index (χ2n) is 5.58. The summed E-state index contributed by atoms with van der Waals surface area (Å²) in [6.45, 7) is 0. The Morgan fingerprint density at radius 2 is 1.70 bits per heavy atom. The molecule has 0 aliphatic heterocycles. The fraction of sp³-hybridized carbons (Fsp3) is 0.0526. The molecule has 0 saturated carbocycles. The number of rotatable bonds is 6. The quantitative estimate of drug-likeness (QED) is 0.535. The standard InChI is InChI=1S/C19H16ClN3O3S/c20-16(12-4-2-1-3-5-12)26-13-8-6-11(7-9-13)15-10-14(17(21)24)18(27-15)23-19(22)25/h1-10,16H,(H2,21,24)(H3,22,23,25). The number of amides is 3. The lowest BCUT2D eigenvalue weighted by atomic mass is 10.1. The Balaban J connectivity index is 1.79. The van der Waals surface area contributed by atoms with Crippen molar-refractivity contribution in [2.45, 2.75) is 5.56 Å². The van der Waals surface area contributed by atoms with Crippen LogP contribution in [-0.4, -0.2) is 11.9 Å². The van der Waals surface area contributed by atoms with Crippen molar-refractivity contribution in [3.63, 3.8) is 0 Å². The number of nitrogens with two attached hydrogens (primary N) is 2. The number of carbonyl (C=O) groups is 2. The summed E-state index contributed by atoms with van der Waals surface area (Å²) in [7, 11) is 0. The molecule has 8 heteroatoms. The first-order valence-corrected chi connectivity index (χ1v) is 9.15. The largest absolute Gasteiger partial charge is 0.470 e. The summed E-state index contributed by atoms with van der Waals surface area (Å²) < 4.78 is 5.73. The Labute approximate surface area is 164 Å². The topological polar surface area (TPSA) is 107 Å². The van der Waals surface area contributed by atoms with Gasteiger partial charge in [-0.1, -0.05) is 41.9 Å². The number of hydrogen-bond acceptors (Lipinski definition) is 4. The third-order valence-electron chi connectivity index (χ3n) is 3.67. The van der Waals surface area contributed by atoms with Crippen LogP contribution in [0.25, 0.3) is 10.4 Å². The van der Waals surface area contributed by atoms with E-state index in [1.807, 2.05) is 42.5 Å². The van der Waals surface area contributed by atoms with E-state index in [-0.39, 0.29) is 5.56 Å². The van der Waals surface area contributed by atoms with E-state index in [4.69, 9.17) is 27.8 Å². The molecule has 3 rings (SSSR count). The van der Waals surface area contributed by atoms with Crippen molar-refractivity contribution in [1.29, 1.82) is 0 Å². The molecule has 0 saturated heterocycles. The third kappa shape index (κ3) is 4.58. The molecule has 27 heavy (non-hydrogen) atoms. The number of benzene rings is 2. The average Bonchev–Trinajstić information content (AvgIpc) is 3.06. The number of urea groups is 1. The smallest absolute Gasteiger partial charge is 0.317 e. The van der Waals surface area contributed by atoms with Gasteiger partial charge in [0.15, 0.2) is 5.56 Å². The maximum absolute atomic E-state index is 11.6. The van der Waals surface area contributed by atoms with Crippen molar-refractivity contribution in [2.24, 2.45) is 11.5 Å². The predicted molar refractivity (Wildman–Crippen MR) is 107 cm³/mol. The van der Waals surface area contributed by atoms with Gasteiger partial charge in [0.25, 0.3) is 5.91 Å². The van der Waals surface area contributed by atoms with Crippen molar-refractivity contribution >= 4 is 39.9 Å². The van der Waals surface area contributed by atoms with E-state index >= 15 is 0 Å². The lowest BCUT2D eigenvalue weighted by Crippen LogP contribution is -2.21. The molecule has 1 heterocycles. The molecule has 5 N–H and O–H groups in total. The summed E-state index contributed by atoms with van der Waals surface area (Å²) in [6, 6.07) is 17.5. The molecule has 1 aromatic heterocycles. The summed E-state index contributed by atoms with van der Waals surface area (Å²) in [5, 5.41) is 2.73. The van der Waals surface area contributed by atoms with E-state index in [1.165, 1.54) is 11.3 Å². The van der Waals surface area contributed by atoms with Crippen LogP contribution in [0, 0.1) is 0 Å². The Morgan fingerprint density at radius 1 is 1.04 bits per heavy atom. The van der Waals surface area contributed by atoms with E-state index in [0.29, 0.717) is 10.8 Å². The SMILES string of the molecule is NC(=O)Nc1sc(-c2ccc(OC(Cl)c3ccccc3)cc2)cc1C(N)=O. The molecule has 3 amide bonds. The highest BCUT2D eigenvalue weighted by atomic mass is 35.5. The fourth-order valence-corrected chi connectivity index (χ4v) is 3.73. The number of thiophene rings is 1. The number of alkyl halides is 1. The van der Waals surface area contributed by atoms with Gasteiger partial charge in [0.05, 0.1) is 5.56 Å². The minimum Gasteiger partial charge on any atom is -0.470 e. The molecular formula is C19H16ClN3O3S. The summed E-state index contributed by atoms with van der Waals surface area (Å²) in [6.07, 6.45) is 0. The maximum Gasteiger partial charge on any atom is 0.317 e. The van der Waals surface area contributed by atoms with Crippen LogP contribution in [0.1, 0.15) is 21.5 Å². The van der Waals surface area contributed by atoms with Gasteiger partial charge >= 0.3 is 6.03 Å². The maximum atomic E-state index is 11.6.